The molecule has 2 fully saturated rings. The van der Waals surface area contributed by atoms with Gasteiger partial charge >= 0.3 is 0 Å². The largest absolute Gasteiger partial charge is 0.381 e. The van der Waals surface area contributed by atoms with Gasteiger partial charge in [-0.2, -0.15) is 0 Å². The quantitative estimate of drug-likeness (QED) is 0.768. The zero-order valence-corrected chi connectivity index (χ0v) is 11.5. The summed E-state index contributed by atoms with van der Waals surface area (Å²) in [5.41, 5.74) is 5.54. The number of halogens is 1. The van der Waals surface area contributed by atoms with E-state index in [-0.39, 0.29) is 18.3 Å². The number of rotatable bonds is 1. The van der Waals surface area contributed by atoms with Crippen LogP contribution in [0.3, 0.4) is 0 Å². The van der Waals surface area contributed by atoms with E-state index < -0.39 is 5.54 Å². The monoisotopic (exact) mass is 262 g/mol. The van der Waals surface area contributed by atoms with Crippen LogP contribution in [-0.4, -0.2) is 42.6 Å². The highest BCUT2D eigenvalue weighted by atomic mass is 35.5. The van der Waals surface area contributed by atoms with Crippen molar-refractivity contribution in [2.45, 2.75) is 32.2 Å². The lowest BCUT2D eigenvalue weighted by atomic mass is 9.90. The van der Waals surface area contributed by atoms with E-state index in [1.807, 2.05) is 4.90 Å². The number of nitrogens with zero attached hydrogens (tertiary/aromatic N) is 1. The van der Waals surface area contributed by atoms with E-state index in [1.165, 1.54) is 0 Å². The standard InChI is InChI=1S/C12H22N2O2.ClH/c1-9-7-14(8-10(9)2)11(15)12(13)3-5-16-6-4-12;/h9-10H,3-8,13H2,1-2H3;1H. The number of likely N-dealkylation sites (tertiary alicyclic amines) is 1. The van der Waals surface area contributed by atoms with Crippen molar-refractivity contribution >= 4 is 18.3 Å². The van der Waals surface area contributed by atoms with Crippen molar-refractivity contribution in [2.75, 3.05) is 26.3 Å². The van der Waals surface area contributed by atoms with Crippen LogP contribution < -0.4 is 5.73 Å². The smallest absolute Gasteiger partial charge is 0.242 e. The van der Waals surface area contributed by atoms with E-state index in [0.717, 1.165) is 13.1 Å². The van der Waals surface area contributed by atoms with Gasteiger partial charge < -0.3 is 15.4 Å². The van der Waals surface area contributed by atoms with Crippen molar-refractivity contribution in [3.05, 3.63) is 0 Å². The summed E-state index contributed by atoms with van der Waals surface area (Å²) in [6, 6.07) is 0. The Morgan fingerprint density at radius 3 is 2.18 bits per heavy atom. The molecule has 0 aromatic heterocycles. The molecule has 0 bridgehead atoms. The molecule has 2 heterocycles. The fraction of sp³-hybridized carbons (Fsp3) is 0.917. The summed E-state index contributed by atoms with van der Waals surface area (Å²) < 4.78 is 5.27. The van der Waals surface area contributed by atoms with Gasteiger partial charge in [0.2, 0.25) is 5.91 Å². The predicted molar refractivity (Wildman–Crippen MR) is 69.1 cm³/mol. The van der Waals surface area contributed by atoms with E-state index in [4.69, 9.17) is 10.5 Å². The van der Waals surface area contributed by atoms with Crippen molar-refractivity contribution in [2.24, 2.45) is 17.6 Å². The van der Waals surface area contributed by atoms with Gasteiger partial charge in [0.1, 0.15) is 0 Å². The number of nitrogens with two attached hydrogens (primary N) is 1. The van der Waals surface area contributed by atoms with Crippen LogP contribution in [0.25, 0.3) is 0 Å². The van der Waals surface area contributed by atoms with Gasteiger partial charge in [-0.15, -0.1) is 12.4 Å². The normalized spacial score (nSPS) is 32.1. The number of ether oxygens (including phenoxy) is 1. The summed E-state index contributed by atoms with van der Waals surface area (Å²) in [4.78, 5) is 14.3. The summed E-state index contributed by atoms with van der Waals surface area (Å²) in [5, 5.41) is 0. The molecular weight excluding hydrogens is 240 g/mol. The third kappa shape index (κ3) is 2.92. The predicted octanol–water partition coefficient (Wildman–Crippen LogP) is 1.03. The maximum atomic E-state index is 12.4. The molecule has 2 N–H and O–H groups in total. The van der Waals surface area contributed by atoms with Gasteiger partial charge in [-0.25, -0.2) is 0 Å². The number of carbonyl (C=O) groups is 1. The summed E-state index contributed by atoms with van der Waals surface area (Å²) in [5.74, 6) is 1.31. The van der Waals surface area contributed by atoms with Crippen molar-refractivity contribution in [1.29, 1.82) is 0 Å². The molecule has 0 saturated carbocycles. The Labute approximate surface area is 109 Å². The van der Waals surface area contributed by atoms with Crippen LogP contribution in [0, 0.1) is 11.8 Å². The van der Waals surface area contributed by atoms with Crippen molar-refractivity contribution in [3.8, 4) is 0 Å². The lowest BCUT2D eigenvalue weighted by molar-refractivity contribution is -0.139. The van der Waals surface area contributed by atoms with E-state index in [2.05, 4.69) is 13.8 Å². The molecule has 100 valence electrons. The molecule has 0 aromatic carbocycles. The first kappa shape index (κ1) is 14.7. The zero-order chi connectivity index (χ0) is 11.8. The fourth-order valence-corrected chi connectivity index (χ4v) is 2.56. The van der Waals surface area contributed by atoms with Gasteiger partial charge in [-0.05, 0) is 24.7 Å². The summed E-state index contributed by atoms with van der Waals surface area (Å²) >= 11 is 0. The van der Waals surface area contributed by atoms with Crippen LogP contribution in [0.4, 0.5) is 0 Å². The molecule has 1 amide bonds. The molecule has 5 heteroatoms. The molecule has 0 radical (unpaired) electrons. The second kappa shape index (κ2) is 5.55. The number of hydrogen-bond donors (Lipinski definition) is 1. The Kier molecular flexibility index (Phi) is 4.81. The molecule has 4 nitrogen and oxygen atoms in total. The lowest BCUT2D eigenvalue weighted by Gasteiger charge is -2.35. The topological polar surface area (TPSA) is 55.6 Å². The Morgan fingerprint density at radius 2 is 1.71 bits per heavy atom. The number of amides is 1. The minimum absolute atomic E-state index is 0. The van der Waals surface area contributed by atoms with Crippen molar-refractivity contribution in [1.82, 2.24) is 4.90 Å². The molecule has 0 spiro atoms. The van der Waals surface area contributed by atoms with Crippen LogP contribution in [0.15, 0.2) is 0 Å². The second-order valence-electron chi connectivity index (χ2n) is 5.43. The minimum atomic E-state index is -0.665. The van der Waals surface area contributed by atoms with Crippen molar-refractivity contribution < 1.29 is 9.53 Å². The molecule has 2 atom stereocenters. The highest BCUT2D eigenvalue weighted by molar-refractivity contribution is 5.86. The molecule has 2 aliphatic heterocycles. The molecular formula is C12H23ClN2O2. The van der Waals surface area contributed by atoms with Crippen LogP contribution in [0.2, 0.25) is 0 Å². The Balaban J connectivity index is 0.00000144. The van der Waals surface area contributed by atoms with Gasteiger partial charge in [0, 0.05) is 26.3 Å². The molecule has 2 aliphatic rings. The first-order valence-corrected chi connectivity index (χ1v) is 6.19. The molecule has 2 saturated heterocycles. The van der Waals surface area contributed by atoms with Crippen LogP contribution >= 0.6 is 12.4 Å². The SMILES string of the molecule is CC1CN(C(=O)C2(N)CCOCC2)CC1C.Cl. The zero-order valence-electron chi connectivity index (χ0n) is 10.6. The molecule has 2 unspecified atom stereocenters. The summed E-state index contributed by atoms with van der Waals surface area (Å²) in [7, 11) is 0. The summed E-state index contributed by atoms with van der Waals surface area (Å²) in [6.45, 7) is 7.35. The Hall–Kier alpha value is -0.320. The fourth-order valence-electron chi connectivity index (χ4n) is 2.56. The van der Waals surface area contributed by atoms with Gasteiger partial charge in [0.25, 0.3) is 0 Å². The van der Waals surface area contributed by atoms with Crippen LogP contribution in [0.5, 0.6) is 0 Å². The highest BCUT2D eigenvalue weighted by Crippen LogP contribution is 2.27. The molecule has 0 aromatic rings. The molecule has 0 aliphatic carbocycles. The maximum Gasteiger partial charge on any atom is 0.242 e. The Bertz CT molecular complexity index is 270. The Morgan fingerprint density at radius 1 is 1.24 bits per heavy atom. The number of carbonyl (C=O) groups excluding carboxylic acids is 1. The number of hydrogen-bond acceptors (Lipinski definition) is 3. The summed E-state index contributed by atoms with van der Waals surface area (Å²) in [6.07, 6.45) is 1.32. The van der Waals surface area contributed by atoms with Gasteiger partial charge in [0.05, 0.1) is 5.54 Å². The van der Waals surface area contributed by atoms with E-state index in [9.17, 15) is 4.79 Å². The van der Waals surface area contributed by atoms with Gasteiger partial charge in [-0.3, -0.25) is 4.79 Å². The first-order valence-electron chi connectivity index (χ1n) is 6.19. The molecule has 17 heavy (non-hydrogen) atoms. The average Bonchev–Trinajstić information content (AvgIpc) is 2.59. The second-order valence-corrected chi connectivity index (χ2v) is 5.43. The van der Waals surface area contributed by atoms with Crippen LogP contribution in [-0.2, 0) is 9.53 Å². The van der Waals surface area contributed by atoms with E-state index in [1.54, 1.807) is 0 Å². The van der Waals surface area contributed by atoms with Crippen LogP contribution in [0.1, 0.15) is 26.7 Å². The minimum Gasteiger partial charge on any atom is -0.381 e. The van der Waals surface area contributed by atoms with Gasteiger partial charge in [-0.1, -0.05) is 13.8 Å². The third-order valence-electron chi connectivity index (χ3n) is 4.09. The van der Waals surface area contributed by atoms with Crippen molar-refractivity contribution in [3.63, 3.8) is 0 Å². The molecule has 2 rings (SSSR count). The third-order valence-corrected chi connectivity index (χ3v) is 4.09. The van der Waals surface area contributed by atoms with Gasteiger partial charge in [0.15, 0.2) is 0 Å². The maximum absolute atomic E-state index is 12.4. The highest BCUT2D eigenvalue weighted by Gasteiger charge is 2.41. The van der Waals surface area contributed by atoms with E-state index in [0.29, 0.717) is 37.9 Å². The van der Waals surface area contributed by atoms with E-state index >= 15 is 0 Å². The average molecular weight is 263 g/mol. The first-order chi connectivity index (χ1) is 7.53. The lowest BCUT2D eigenvalue weighted by Crippen LogP contribution is -2.57.